The van der Waals surface area contributed by atoms with E-state index in [1.54, 1.807) is 24.3 Å². The molecule has 2 heterocycles. The highest BCUT2D eigenvalue weighted by atomic mass is 79.9. The van der Waals surface area contributed by atoms with Crippen LogP contribution in [0.25, 0.3) is 11.3 Å². The standard InChI is InChI=1S/C28H30BrF3N4O6/c1-41-26-24(35-12-19(33-34-35)14-9-17(30)23(32)18(31)10-14)25(39)22(13-37)42-27(26)28(40)36(16-6-4-5-15(29)11-16)20-7-2-3-8-21(20)38/h4-6,9-12,20-22,24-27,37-39H,2-3,7-8,13H2,1H3/t20-,21-,22+,24-,25-,26+,27+/m0/s1. The van der Waals surface area contributed by atoms with Gasteiger partial charge in [0.05, 0.1) is 24.9 Å². The number of hydrogen-bond acceptors (Lipinski definition) is 8. The lowest BCUT2D eigenvalue weighted by atomic mass is 9.88. The van der Waals surface area contributed by atoms with E-state index >= 15 is 0 Å². The number of halogens is 4. The summed E-state index contributed by atoms with van der Waals surface area (Å²) in [5, 5.41) is 40.1. The van der Waals surface area contributed by atoms with Gasteiger partial charge in [-0.1, -0.05) is 40.1 Å². The molecule has 2 fully saturated rings. The van der Waals surface area contributed by atoms with Crippen LogP contribution in [0.15, 0.2) is 47.1 Å². The van der Waals surface area contributed by atoms with Crippen LogP contribution in [0.4, 0.5) is 18.9 Å². The van der Waals surface area contributed by atoms with E-state index in [1.165, 1.54) is 18.2 Å². The molecule has 42 heavy (non-hydrogen) atoms. The van der Waals surface area contributed by atoms with E-state index in [2.05, 4.69) is 26.2 Å². The number of carbonyl (C=O) groups excluding carboxylic acids is 1. The van der Waals surface area contributed by atoms with Crippen LogP contribution in [0.2, 0.25) is 0 Å². The van der Waals surface area contributed by atoms with Gasteiger partial charge < -0.3 is 29.7 Å². The number of benzene rings is 2. The van der Waals surface area contributed by atoms with E-state index < -0.39 is 72.6 Å². The molecule has 1 saturated carbocycles. The summed E-state index contributed by atoms with van der Waals surface area (Å²) in [5.74, 6) is -5.02. The molecule has 1 aliphatic carbocycles. The van der Waals surface area contributed by atoms with E-state index in [1.807, 2.05) is 0 Å². The number of aliphatic hydroxyl groups excluding tert-OH is 3. The van der Waals surface area contributed by atoms with Crippen LogP contribution < -0.4 is 4.90 Å². The number of hydrogen-bond donors (Lipinski definition) is 3. The number of carbonyl (C=O) groups is 1. The van der Waals surface area contributed by atoms with Gasteiger partial charge in [-0.25, -0.2) is 17.9 Å². The number of ether oxygens (including phenoxy) is 2. The Kier molecular flexibility index (Phi) is 9.30. The molecule has 0 bridgehead atoms. The van der Waals surface area contributed by atoms with Crippen LogP contribution in [0, 0.1) is 17.5 Å². The lowest BCUT2D eigenvalue weighted by Crippen LogP contribution is -2.63. The van der Waals surface area contributed by atoms with Crippen LogP contribution in [-0.4, -0.2) is 86.5 Å². The summed E-state index contributed by atoms with van der Waals surface area (Å²) in [6.45, 7) is -0.656. The smallest absolute Gasteiger partial charge is 0.259 e. The summed E-state index contributed by atoms with van der Waals surface area (Å²) in [5.41, 5.74) is 0.364. The van der Waals surface area contributed by atoms with Crippen molar-refractivity contribution in [3.8, 4) is 11.3 Å². The molecule has 1 aliphatic heterocycles. The molecule has 0 radical (unpaired) electrons. The lowest BCUT2D eigenvalue weighted by molar-refractivity contribution is -0.211. The topological polar surface area (TPSA) is 130 Å². The highest BCUT2D eigenvalue weighted by molar-refractivity contribution is 9.10. The first kappa shape index (κ1) is 30.6. The van der Waals surface area contributed by atoms with Crippen LogP contribution >= 0.6 is 15.9 Å². The molecule has 2 aliphatic rings. The predicted molar refractivity (Wildman–Crippen MR) is 147 cm³/mol. The third kappa shape index (κ3) is 5.83. The average molecular weight is 655 g/mol. The molecule has 226 valence electrons. The summed E-state index contributed by atoms with van der Waals surface area (Å²) in [6, 6.07) is 6.83. The number of amides is 1. The van der Waals surface area contributed by atoms with Gasteiger partial charge in [0.25, 0.3) is 5.91 Å². The Hall–Kier alpha value is -2.88. The lowest BCUT2D eigenvalue weighted by Gasteiger charge is -2.46. The Balaban J connectivity index is 1.53. The minimum atomic E-state index is -1.63. The SMILES string of the molecule is CO[C@@H]1[C@@H](n2cc(-c3cc(F)c(F)c(F)c3)nn2)[C@@H](O)[C@@H](CO)O[C@H]1C(=O)N(c1cccc(Br)c1)[C@H]1CCCC[C@@H]1O. The van der Waals surface area contributed by atoms with Crippen molar-refractivity contribution >= 4 is 27.5 Å². The van der Waals surface area contributed by atoms with Gasteiger partial charge in [-0.2, -0.15) is 0 Å². The first-order chi connectivity index (χ1) is 20.1. The maximum Gasteiger partial charge on any atom is 0.259 e. The highest BCUT2D eigenvalue weighted by Gasteiger charge is 2.52. The second-order valence-corrected chi connectivity index (χ2v) is 11.3. The Morgan fingerprint density at radius 3 is 2.52 bits per heavy atom. The first-order valence-electron chi connectivity index (χ1n) is 13.4. The molecule has 5 rings (SSSR count). The molecular weight excluding hydrogens is 625 g/mol. The van der Waals surface area contributed by atoms with Crippen LogP contribution in [-0.2, 0) is 14.3 Å². The minimum Gasteiger partial charge on any atom is -0.394 e. The molecule has 1 amide bonds. The van der Waals surface area contributed by atoms with Crippen molar-refractivity contribution in [1.82, 2.24) is 15.0 Å². The van der Waals surface area contributed by atoms with Crippen molar-refractivity contribution in [2.24, 2.45) is 0 Å². The Labute approximate surface area is 247 Å². The minimum absolute atomic E-state index is 0.0362. The van der Waals surface area contributed by atoms with E-state index in [-0.39, 0.29) is 11.3 Å². The number of anilines is 1. The number of aliphatic hydroxyl groups is 3. The van der Waals surface area contributed by atoms with E-state index in [4.69, 9.17) is 9.47 Å². The number of nitrogens with zero attached hydrogens (tertiary/aromatic N) is 4. The van der Waals surface area contributed by atoms with Crippen molar-refractivity contribution in [2.75, 3.05) is 18.6 Å². The zero-order valence-corrected chi connectivity index (χ0v) is 24.1. The van der Waals surface area contributed by atoms with Crippen molar-refractivity contribution in [2.45, 2.75) is 68.3 Å². The van der Waals surface area contributed by atoms with Gasteiger partial charge in [0, 0.05) is 22.8 Å². The van der Waals surface area contributed by atoms with Gasteiger partial charge in [-0.15, -0.1) is 5.10 Å². The third-order valence-corrected chi connectivity index (χ3v) is 8.32. The number of methoxy groups -OCH3 is 1. The van der Waals surface area contributed by atoms with Crippen molar-refractivity contribution < 1.29 is 42.8 Å². The second kappa shape index (κ2) is 12.8. The molecule has 2 aromatic carbocycles. The molecule has 3 aromatic rings. The van der Waals surface area contributed by atoms with E-state index in [9.17, 15) is 33.3 Å². The maximum absolute atomic E-state index is 14.4. The van der Waals surface area contributed by atoms with Gasteiger partial charge in [0.15, 0.2) is 23.6 Å². The maximum atomic E-state index is 14.4. The molecule has 0 spiro atoms. The van der Waals surface area contributed by atoms with Crippen molar-refractivity contribution in [1.29, 1.82) is 0 Å². The summed E-state index contributed by atoms with van der Waals surface area (Å²) in [6.07, 6.45) is -2.11. The Morgan fingerprint density at radius 1 is 1.17 bits per heavy atom. The Morgan fingerprint density at radius 2 is 1.88 bits per heavy atom. The predicted octanol–water partition coefficient (Wildman–Crippen LogP) is 3.14. The number of rotatable bonds is 7. The fourth-order valence-electron chi connectivity index (χ4n) is 5.76. The largest absolute Gasteiger partial charge is 0.394 e. The molecule has 3 N–H and O–H groups in total. The van der Waals surface area contributed by atoms with Gasteiger partial charge in [-0.05, 0) is 43.2 Å². The highest BCUT2D eigenvalue weighted by Crippen LogP contribution is 2.37. The fraction of sp³-hybridized carbons (Fsp3) is 0.464. The quantitative estimate of drug-likeness (QED) is 0.332. The summed E-state index contributed by atoms with van der Waals surface area (Å²) in [7, 11) is 1.31. The summed E-state index contributed by atoms with van der Waals surface area (Å²) >= 11 is 3.43. The molecule has 10 nitrogen and oxygen atoms in total. The van der Waals surface area contributed by atoms with Crippen LogP contribution in [0.1, 0.15) is 31.7 Å². The molecule has 1 aromatic heterocycles. The normalized spacial score (nSPS) is 28.0. The Bertz CT molecular complexity index is 1410. The van der Waals surface area contributed by atoms with Crippen LogP contribution in [0.5, 0.6) is 0 Å². The zero-order valence-electron chi connectivity index (χ0n) is 22.5. The van der Waals surface area contributed by atoms with Crippen molar-refractivity contribution in [3.63, 3.8) is 0 Å². The van der Waals surface area contributed by atoms with Gasteiger partial charge in [0.2, 0.25) is 0 Å². The summed E-state index contributed by atoms with van der Waals surface area (Å²) in [4.78, 5) is 15.8. The first-order valence-corrected chi connectivity index (χ1v) is 14.2. The second-order valence-electron chi connectivity index (χ2n) is 10.4. The van der Waals surface area contributed by atoms with Gasteiger partial charge in [0.1, 0.15) is 30.0 Å². The molecule has 0 unspecified atom stereocenters. The molecule has 14 heteroatoms. The molecular formula is C28H30BrF3N4O6. The monoisotopic (exact) mass is 654 g/mol. The summed E-state index contributed by atoms with van der Waals surface area (Å²) < 4.78 is 54.8. The zero-order chi connectivity index (χ0) is 30.1. The van der Waals surface area contributed by atoms with Crippen molar-refractivity contribution in [3.05, 3.63) is 64.5 Å². The van der Waals surface area contributed by atoms with Crippen LogP contribution in [0.3, 0.4) is 0 Å². The van der Waals surface area contributed by atoms with Gasteiger partial charge >= 0.3 is 0 Å². The van der Waals surface area contributed by atoms with E-state index in [0.717, 1.165) is 29.7 Å². The number of aromatic nitrogens is 3. The average Bonchev–Trinajstić information content (AvgIpc) is 3.46. The fourth-order valence-corrected chi connectivity index (χ4v) is 6.14. The van der Waals surface area contributed by atoms with Gasteiger partial charge in [-0.3, -0.25) is 4.79 Å². The molecule has 7 atom stereocenters. The molecule has 1 saturated heterocycles. The third-order valence-electron chi connectivity index (χ3n) is 7.83. The van der Waals surface area contributed by atoms with E-state index in [0.29, 0.717) is 23.0 Å².